The first-order chi connectivity index (χ1) is 9.32. The number of ether oxygens (including phenoxy) is 1. The SMILES string of the molecule is O=C=NC1(c2cccc(OC3CCSCC3)c2)CC1. The van der Waals surface area contributed by atoms with Crippen molar-refractivity contribution in [2.45, 2.75) is 37.3 Å². The molecule has 0 aromatic heterocycles. The van der Waals surface area contributed by atoms with Gasteiger partial charge in [-0.05, 0) is 54.9 Å². The van der Waals surface area contributed by atoms with Crippen LogP contribution in [-0.4, -0.2) is 23.7 Å². The number of hydrogen-bond donors (Lipinski definition) is 0. The fourth-order valence-corrected chi connectivity index (χ4v) is 3.58. The van der Waals surface area contributed by atoms with Crippen LogP contribution >= 0.6 is 11.8 Å². The molecule has 1 saturated heterocycles. The fourth-order valence-electron chi connectivity index (χ4n) is 2.52. The maximum Gasteiger partial charge on any atom is 0.235 e. The quantitative estimate of drug-likeness (QED) is 0.625. The zero-order chi connectivity index (χ0) is 13.1. The van der Waals surface area contributed by atoms with E-state index in [1.165, 1.54) is 11.5 Å². The molecule has 3 nitrogen and oxygen atoms in total. The maximum atomic E-state index is 10.5. The summed E-state index contributed by atoms with van der Waals surface area (Å²) in [4.78, 5) is 14.5. The number of hydrogen-bond acceptors (Lipinski definition) is 4. The highest BCUT2D eigenvalue weighted by atomic mass is 32.2. The lowest BCUT2D eigenvalue weighted by atomic mass is 10.1. The van der Waals surface area contributed by atoms with E-state index in [0.717, 1.165) is 37.0 Å². The Balaban J connectivity index is 1.74. The predicted molar refractivity (Wildman–Crippen MR) is 76.5 cm³/mol. The molecule has 3 rings (SSSR count). The van der Waals surface area contributed by atoms with Crippen LogP contribution in [0.25, 0.3) is 0 Å². The first-order valence-corrected chi connectivity index (χ1v) is 7.92. The van der Waals surface area contributed by atoms with Gasteiger partial charge in [0.05, 0.1) is 5.54 Å². The van der Waals surface area contributed by atoms with Crippen molar-refractivity contribution in [1.29, 1.82) is 0 Å². The molecular formula is C15H17NO2S. The summed E-state index contributed by atoms with van der Waals surface area (Å²) < 4.78 is 6.04. The monoisotopic (exact) mass is 275 g/mol. The van der Waals surface area contributed by atoms with Gasteiger partial charge < -0.3 is 4.74 Å². The maximum absolute atomic E-state index is 10.5. The van der Waals surface area contributed by atoms with Gasteiger partial charge in [-0.25, -0.2) is 4.79 Å². The van der Waals surface area contributed by atoms with Crippen LogP contribution in [0, 0.1) is 0 Å². The third kappa shape index (κ3) is 2.85. The molecule has 0 N–H and O–H groups in total. The minimum atomic E-state index is -0.302. The highest BCUT2D eigenvalue weighted by molar-refractivity contribution is 7.99. The number of aliphatic imine (C=N–C) groups is 1. The molecule has 1 aromatic carbocycles. The second kappa shape index (κ2) is 5.40. The summed E-state index contributed by atoms with van der Waals surface area (Å²) in [6.45, 7) is 0. The van der Waals surface area contributed by atoms with Gasteiger partial charge in [0, 0.05) is 0 Å². The van der Waals surface area contributed by atoms with E-state index in [1.54, 1.807) is 6.08 Å². The van der Waals surface area contributed by atoms with Gasteiger partial charge in [0.15, 0.2) is 0 Å². The van der Waals surface area contributed by atoms with Gasteiger partial charge in [0.25, 0.3) is 0 Å². The van der Waals surface area contributed by atoms with Gasteiger partial charge in [-0.3, -0.25) is 0 Å². The molecule has 0 atom stereocenters. The van der Waals surface area contributed by atoms with Crippen molar-refractivity contribution in [1.82, 2.24) is 0 Å². The second-order valence-electron chi connectivity index (χ2n) is 5.19. The highest BCUT2D eigenvalue weighted by Crippen LogP contribution is 2.49. The molecule has 2 fully saturated rings. The second-order valence-corrected chi connectivity index (χ2v) is 6.42. The number of isocyanates is 1. The molecule has 4 heteroatoms. The third-order valence-electron chi connectivity index (χ3n) is 3.83. The molecule has 1 aliphatic heterocycles. The highest BCUT2D eigenvalue weighted by Gasteiger charge is 2.44. The molecule has 100 valence electrons. The summed E-state index contributed by atoms with van der Waals surface area (Å²) >= 11 is 2.00. The fraction of sp³-hybridized carbons (Fsp3) is 0.533. The lowest BCUT2D eigenvalue weighted by Crippen LogP contribution is -2.22. The Labute approximate surface area is 117 Å². The number of rotatable bonds is 4. The van der Waals surface area contributed by atoms with Gasteiger partial charge in [-0.15, -0.1) is 0 Å². The van der Waals surface area contributed by atoms with Crippen LogP contribution in [0.2, 0.25) is 0 Å². The molecule has 2 aliphatic rings. The van der Waals surface area contributed by atoms with Crippen LogP contribution in [0.4, 0.5) is 0 Å². The molecule has 0 amide bonds. The van der Waals surface area contributed by atoms with Crippen LogP contribution in [0.5, 0.6) is 5.75 Å². The van der Waals surface area contributed by atoms with Crippen molar-refractivity contribution >= 4 is 17.8 Å². The molecule has 1 heterocycles. The molecule has 0 spiro atoms. The Morgan fingerprint density at radius 3 is 2.79 bits per heavy atom. The van der Waals surface area contributed by atoms with Crippen molar-refractivity contribution in [2.24, 2.45) is 4.99 Å². The zero-order valence-corrected chi connectivity index (χ0v) is 11.6. The van der Waals surface area contributed by atoms with Gasteiger partial charge in [-0.1, -0.05) is 12.1 Å². The normalized spacial score (nSPS) is 21.5. The Morgan fingerprint density at radius 2 is 2.11 bits per heavy atom. The Kier molecular flexibility index (Phi) is 3.63. The summed E-state index contributed by atoms with van der Waals surface area (Å²) in [6.07, 6.45) is 6.14. The van der Waals surface area contributed by atoms with E-state index >= 15 is 0 Å². The molecule has 0 radical (unpaired) electrons. The number of nitrogens with zero attached hydrogens (tertiary/aromatic N) is 1. The van der Waals surface area contributed by atoms with Crippen molar-refractivity contribution in [3.8, 4) is 5.75 Å². The van der Waals surface area contributed by atoms with E-state index in [-0.39, 0.29) is 5.54 Å². The van der Waals surface area contributed by atoms with Gasteiger partial charge in [-0.2, -0.15) is 16.8 Å². The molecule has 1 aliphatic carbocycles. The smallest absolute Gasteiger partial charge is 0.235 e. The summed E-state index contributed by atoms with van der Waals surface area (Å²) in [6, 6.07) is 8.04. The summed E-state index contributed by atoms with van der Waals surface area (Å²) in [7, 11) is 0. The third-order valence-corrected chi connectivity index (χ3v) is 4.87. The molecule has 1 aromatic rings. The lowest BCUT2D eigenvalue weighted by Gasteiger charge is -2.23. The van der Waals surface area contributed by atoms with Crippen LogP contribution in [0.3, 0.4) is 0 Å². The minimum absolute atomic E-state index is 0.302. The van der Waals surface area contributed by atoms with Gasteiger partial charge in [0.1, 0.15) is 11.9 Å². The Hall–Kier alpha value is -1.25. The van der Waals surface area contributed by atoms with E-state index in [4.69, 9.17) is 4.74 Å². The van der Waals surface area contributed by atoms with Crippen molar-refractivity contribution in [3.05, 3.63) is 29.8 Å². The van der Waals surface area contributed by atoms with E-state index in [0.29, 0.717) is 6.10 Å². The zero-order valence-electron chi connectivity index (χ0n) is 10.8. The average molecular weight is 275 g/mol. The largest absolute Gasteiger partial charge is 0.490 e. The van der Waals surface area contributed by atoms with Crippen molar-refractivity contribution in [3.63, 3.8) is 0 Å². The Morgan fingerprint density at radius 1 is 1.32 bits per heavy atom. The van der Waals surface area contributed by atoms with Crippen LogP contribution < -0.4 is 4.74 Å². The van der Waals surface area contributed by atoms with E-state index in [2.05, 4.69) is 4.99 Å². The molecule has 19 heavy (non-hydrogen) atoms. The number of benzene rings is 1. The van der Waals surface area contributed by atoms with Crippen LogP contribution in [0.15, 0.2) is 29.3 Å². The summed E-state index contributed by atoms with van der Waals surface area (Å²) in [5.74, 6) is 3.27. The standard InChI is InChI=1S/C15H17NO2S/c17-11-16-15(6-7-15)12-2-1-3-14(10-12)18-13-4-8-19-9-5-13/h1-3,10,13H,4-9H2. The molecule has 0 bridgehead atoms. The van der Waals surface area contributed by atoms with E-state index in [9.17, 15) is 4.79 Å². The van der Waals surface area contributed by atoms with Crippen molar-refractivity contribution < 1.29 is 9.53 Å². The summed E-state index contributed by atoms with van der Waals surface area (Å²) in [5.41, 5.74) is 0.780. The Bertz CT molecular complexity index is 501. The minimum Gasteiger partial charge on any atom is -0.490 e. The van der Waals surface area contributed by atoms with Crippen LogP contribution in [-0.2, 0) is 10.3 Å². The first-order valence-electron chi connectivity index (χ1n) is 6.76. The van der Waals surface area contributed by atoms with Crippen LogP contribution in [0.1, 0.15) is 31.2 Å². The molecule has 1 saturated carbocycles. The summed E-state index contributed by atoms with van der Waals surface area (Å²) in [5, 5.41) is 0. The van der Waals surface area contributed by atoms with Gasteiger partial charge >= 0.3 is 0 Å². The molecular weight excluding hydrogens is 258 g/mol. The number of thioether (sulfide) groups is 1. The van der Waals surface area contributed by atoms with E-state index < -0.39 is 0 Å². The lowest BCUT2D eigenvalue weighted by molar-refractivity contribution is 0.192. The van der Waals surface area contributed by atoms with Crippen molar-refractivity contribution in [2.75, 3.05) is 11.5 Å². The van der Waals surface area contributed by atoms with Gasteiger partial charge in [0.2, 0.25) is 6.08 Å². The predicted octanol–water partition coefficient (Wildman–Crippen LogP) is 3.29. The first kappa shape index (κ1) is 12.8. The molecule has 0 unspecified atom stereocenters. The van der Waals surface area contributed by atoms with E-state index in [1.807, 2.05) is 36.0 Å². The number of carbonyl (C=O) groups excluding carboxylic acids is 1. The average Bonchev–Trinajstić information content (AvgIpc) is 3.22. The topological polar surface area (TPSA) is 38.7 Å².